The molecule has 1 aliphatic rings. The van der Waals surface area contributed by atoms with Crippen molar-refractivity contribution >= 4 is 5.91 Å². The van der Waals surface area contributed by atoms with Crippen LogP contribution in [0.2, 0.25) is 0 Å². The van der Waals surface area contributed by atoms with Crippen molar-refractivity contribution < 1.29 is 13.9 Å². The minimum atomic E-state index is -0.255. The van der Waals surface area contributed by atoms with Crippen LogP contribution in [0.3, 0.4) is 0 Å². The number of amides is 1. The van der Waals surface area contributed by atoms with Crippen molar-refractivity contribution in [3.63, 3.8) is 0 Å². The molecule has 1 atom stereocenters. The van der Waals surface area contributed by atoms with Gasteiger partial charge in [0.25, 0.3) is 0 Å². The van der Waals surface area contributed by atoms with Crippen molar-refractivity contribution in [1.82, 2.24) is 9.88 Å². The van der Waals surface area contributed by atoms with Crippen LogP contribution in [0.25, 0.3) is 11.3 Å². The van der Waals surface area contributed by atoms with Crippen LogP contribution >= 0.6 is 0 Å². The molecule has 4 nitrogen and oxygen atoms in total. The number of benzene rings is 1. The van der Waals surface area contributed by atoms with Crippen molar-refractivity contribution in [2.45, 2.75) is 18.8 Å². The number of rotatable bonds is 4. The Morgan fingerprint density at radius 1 is 1.29 bits per heavy atom. The number of pyridine rings is 1. The number of hydrogen-bond acceptors (Lipinski definition) is 3. The molecule has 1 aromatic carbocycles. The van der Waals surface area contributed by atoms with E-state index in [0.29, 0.717) is 6.54 Å². The predicted molar refractivity (Wildman–Crippen MR) is 90.1 cm³/mol. The van der Waals surface area contributed by atoms with E-state index in [0.717, 1.165) is 36.3 Å². The van der Waals surface area contributed by atoms with Gasteiger partial charge in [-0.2, -0.15) is 0 Å². The Bertz CT molecular complexity index is 703. The molecule has 1 unspecified atom stereocenters. The van der Waals surface area contributed by atoms with E-state index in [4.69, 9.17) is 9.72 Å². The molecule has 2 aromatic rings. The van der Waals surface area contributed by atoms with Crippen molar-refractivity contribution in [2.24, 2.45) is 0 Å². The van der Waals surface area contributed by atoms with Gasteiger partial charge in [-0.15, -0.1) is 0 Å². The standard InChI is InChI=1S/C19H21FN2O2/c1-24-13-19(23)22-11-3-4-15(12-22)18-6-2-5-17(21-18)14-7-9-16(20)10-8-14/h2,5-10,15H,3-4,11-13H2,1H3. The molecule has 0 saturated carbocycles. The first-order valence-electron chi connectivity index (χ1n) is 8.17. The lowest BCUT2D eigenvalue weighted by Gasteiger charge is -2.32. The lowest BCUT2D eigenvalue weighted by Crippen LogP contribution is -2.41. The monoisotopic (exact) mass is 328 g/mol. The molecule has 3 rings (SSSR count). The summed E-state index contributed by atoms with van der Waals surface area (Å²) >= 11 is 0. The number of ether oxygens (including phenoxy) is 1. The van der Waals surface area contributed by atoms with E-state index >= 15 is 0 Å². The SMILES string of the molecule is COCC(=O)N1CCCC(c2cccc(-c3ccc(F)cc3)n2)C1. The zero-order valence-corrected chi connectivity index (χ0v) is 13.7. The Hall–Kier alpha value is -2.27. The molecule has 126 valence electrons. The quantitative estimate of drug-likeness (QED) is 0.865. The van der Waals surface area contributed by atoms with Gasteiger partial charge in [-0.1, -0.05) is 6.07 Å². The Morgan fingerprint density at radius 3 is 2.83 bits per heavy atom. The smallest absolute Gasteiger partial charge is 0.248 e. The van der Waals surface area contributed by atoms with Crippen molar-refractivity contribution in [2.75, 3.05) is 26.8 Å². The fourth-order valence-electron chi connectivity index (χ4n) is 3.12. The highest BCUT2D eigenvalue weighted by atomic mass is 19.1. The first-order valence-corrected chi connectivity index (χ1v) is 8.17. The Labute approximate surface area is 141 Å². The number of hydrogen-bond donors (Lipinski definition) is 0. The second-order valence-electron chi connectivity index (χ2n) is 6.07. The summed E-state index contributed by atoms with van der Waals surface area (Å²) in [6.07, 6.45) is 1.97. The van der Waals surface area contributed by atoms with E-state index in [9.17, 15) is 9.18 Å². The van der Waals surface area contributed by atoms with Gasteiger partial charge < -0.3 is 9.64 Å². The second kappa shape index (κ2) is 7.53. The van der Waals surface area contributed by atoms with E-state index in [1.807, 2.05) is 23.1 Å². The van der Waals surface area contributed by atoms with Gasteiger partial charge in [-0.3, -0.25) is 9.78 Å². The summed E-state index contributed by atoms with van der Waals surface area (Å²) in [6, 6.07) is 12.2. The number of halogens is 1. The van der Waals surface area contributed by atoms with Crippen LogP contribution in [0.15, 0.2) is 42.5 Å². The molecule has 1 amide bonds. The number of piperidine rings is 1. The summed E-state index contributed by atoms with van der Waals surface area (Å²) < 4.78 is 18.0. The summed E-state index contributed by atoms with van der Waals surface area (Å²) in [5.41, 5.74) is 2.70. The number of carbonyl (C=O) groups excluding carboxylic acids is 1. The summed E-state index contributed by atoms with van der Waals surface area (Å²) in [6.45, 7) is 1.56. The van der Waals surface area contributed by atoms with Crippen LogP contribution < -0.4 is 0 Å². The molecule has 2 heterocycles. The normalized spacial score (nSPS) is 17.8. The number of carbonyl (C=O) groups is 1. The van der Waals surface area contributed by atoms with Gasteiger partial charge in [0.05, 0.1) is 5.69 Å². The van der Waals surface area contributed by atoms with Gasteiger partial charge in [0, 0.05) is 37.4 Å². The number of nitrogens with zero attached hydrogens (tertiary/aromatic N) is 2. The van der Waals surface area contributed by atoms with Gasteiger partial charge in [0.15, 0.2) is 0 Å². The van der Waals surface area contributed by atoms with Crippen LogP contribution in [0.4, 0.5) is 4.39 Å². The van der Waals surface area contributed by atoms with Crippen LogP contribution in [-0.4, -0.2) is 42.6 Å². The Morgan fingerprint density at radius 2 is 2.08 bits per heavy atom. The minimum absolute atomic E-state index is 0.0249. The Balaban J connectivity index is 1.78. The maximum absolute atomic E-state index is 13.1. The fourth-order valence-corrected chi connectivity index (χ4v) is 3.12. The fraction of sp³-hybridized carbons (Fsp3) is 0.368. The summed E-state index contributed by atoms with van der Waals surface area (Å²) in [5.74, 6) is -0.00803. The average Bonchev–Trinajstić information content (AvgIpc) is 2.63. The van der Waals surface area contributed by atoms with Gasteiger partial charge in [0.2, 0.25) is 5.91 Å². The molecule has 1 saturated heterocycles. The van der Waals surface area contributed by atoms with Crippen LogP contribution in [-0.2, 0) is 9.53 Å². The van der Waals surface area contributed by atoms with Crippen molar-refractivity contribution in [3.8, 4) is 11.3 Å². The van der Waals surface area contributed by atoms with Gasteiger partial charge >= 0.3 is 0 Å². The first-order chi connectivity index (χ1) is 11.7. The van der Waals surface area contributed by atoms with Gasteiger partial charge in [0.1, 0.15) is 12.4 Å². The first kappa shape index (κ1) is 16.6. The maximum Gasteiger partial charge on any atom is 0.248 e. The zero-order chi connectivity index (χ0) is 16.9. The van der Waals surface area contributed by atoms with Crippen LogP contribution in [0.1, 0.15) is 24.5 Å². The highest BCUT2D eigenvalue weighted by Gasteiger charge is 2.25. The number of likely N-dealkylation sites (tertiary alicyclic amines) is 1. The molecule has 0 radical (unpaired) electrons. The number of methoxy groups -OCH3 is 1. The topological polar surface area (TPSA) is 42.4 Å². The van der Waals surface area contributed by atoms with E-state index in [2.05, 4.69) is 0 Å². The molecule has 0 aliphatic carbocycles. The lowest BCUT2D eigenvalue weighted by molar-refractivity contribution is -0.136. The molecule has 1 fully saturated rings. The van der Waals surface area contributed by atoms with Crippen LogP contribution in [0.5, 0.6) is 0 Å². The highest BCUT2D eigenvalue weighted by Crippen LogP contribution is 2.27. The van der Waals surface area contributed by atoms with Gasteiger partial charge in [-0.05, 0) is 49.2 Å². The van der Waals surface area contributed by atoms with Crippen molar-refractivity contribution in [3.05, 3.63) is 54.0 Å². The third-order valence-electron chi connectivity index (χ3n) is 4.37. The third-order valence-corrected chi connectivity index (χ3v) is 4.37. The molecular weight excluding hydrogens is 307 g/mol. The zero-order valence-electron chi connectivity index (χ0n) is 13.7. The molecule has 0 spiro atoms. The largest absolute Gasteiger partial charge is 0.375 e. The highest BCUT2D eigenvalue weighted by molar-refractivity contribution is 5.77. The van der Waals surface area contributed by atoms with Gasteiger partial charge in [-0.25, -0.2) is 4.39 Å². The molecule has 1 aromatic heterocycles. The Kier molecular flexibility index (Phi) is 5.20. The van der Waals surface area contributed by atoms with E-state index < -0.39 is 0 Å². The lowest BCUT2D eigenvalue weighted by atomic mass is 9.93. The van der Waals surface area contributed by atoms with E-state index in [-0.39, 0.29) is 24.2 Å². The molecule has 1 aliphatic heterocycles. The minimum Gasteiger partial charge on any atom is -0.375 e. The molecule has 0 bridgehead atoms. The van der Waals surface area contributed by atoms with E-state index in [1.54, 1.807) is 12.1 Å². The molecule has 24 heavy (non-hydrogen) atoms. The average molecular weight is 328 g/mol. The third kappa shape index (κ3) is 3.79. The predicted octanol–water partition coefficient (Wildman–Crippen LogP) is 3.24. The number of aromatic nitrogens is 1. The molecule has 0 N–H and O–H groups in total. The summed E-state index contributed by atoms with van der Waals surface area (Å²) in [7, 11) is 1.53. The van der Waals surface area contributed by atoms with E-state index in [1.165, 1.54) is 19.2 Å². The molecule has 5 heteroatoms. The molecular formula is C19H21FN2O2. The van der Waals surface area contributed by atoms with Crippen molar-refractivity contribution in [1.29, 1.82) is 0 Å². The summed E-state index contributed by atoms with van der Waals surface area (Å²) in [5, 5.41) is 0. The maximum atomic E-state index is 13.1. The second-order valence-corrected chi connectivity index (χ2v) is 6.07. The van der Waals surface area contributed by atoms with Crippen LogP contribution in [0, 0.1) is 5.82 Å². The summed E-state index contributed by atoms with van der Waals surface area (Å²) in [4.78, 5) is 18.6.